The molecule has 0 aromatic heterocycles. The first-order valence-electron chi connectivity index (χ1n) is 12.7. The molecule has 0 radical (unpaired) electrons. The third kappa shape index (κ3) is 3.41. The summed E-state index contributed by atoms with van der Waals surface area (Å²) in [6, 6.07) is 17.3. The first kappa shape index (κ1) is 26.8. The highest BCUT2D eigenvalue weighted by Gasteiger charge is 2.73. The van der Waals surface area contributed by atoms with Crippen LogP contribution in [-0.4, -0.2) is 28.7 Å². The Bertz CT molecular complexity index is 1470. The lowest BCUT2D eigenvalue weighted by Crippen LogP contribution is -2.57. The van der Waals surface area contributed by atoms with E-state index in [2.05, 4.69) is 21.2 Å². The number of hydrogen-bond donors (Lipinski definition) is 1. The minimum Gasteiger partial charge on any atom is -0.324 e. The lowest BCUT2D eigenvalue weighted by Gasteiger charge is -2.54. The molecular formula is C30H24BrCl3N2O3. The number of benzene rings is 3. The monoisotopic (exact) mass is 644 g/mol. The van der Waals surface area contributed by atoms with Crippen molar-refractivity contribution in [2.75, 3.05) is 5.32 Å². The predicted octanol–water partition coefficient (Wildman–Crippen LogP) is 6.97. The molecule has 4 aliphatic rings. The average Bonchev–Trinajstić information content (AvgIpc) is 3.18. The largest absolute Gasteiger partial charge is 0.324 e. The standard InChI is InChI=1S/C30H24BrCl3N2O3/c1-14(2)25(26(37)35-21-13-12-20(31)24(32)15(21)3)36-27(38)22-23(28(36)39)30(34)17-9-5-4-8-16(17)29(22,33)18-10-6-7-11-19(18)30/h4-14,22-23,25H,1-3H3,(H,35,37)/t22-,23-,25-,29?,30?/m0/s1. The Balaban J connectivity index is 1.47. The van der Waals surface area contributed by atoms with Gasteiger partial charge in [0.2, 0.25) is 17.7 Å². The Labute approximate surface area is 249 Å². The molecule has 5 nitrogen and oxygen atoms in total. The zero-order valence-corrected chi connectivity index (χ0v) is 25.1. The summed E-state index contributed by atoms with van der Waals surface area (Å²) in [5.41, 5.74) is 4.03. The van der Waals surface area contributed by atoms with Gasteiger partial charge >= 0.3 is 0 Å². The van der Waals surface area contributed by atoms with Gasteiger partial charge in [-0.05, 0) is 68.7 Å². The summed E-state index contributed by atoms with van der Waals surface area (Å²) in [6.07, 6.45) is 0. The topological polar surface area (TPSA) is 66.5 Å². The van der Waals surface area contributed by atoms with Crippen molar-refractivity contribution in [1.82, 2.24) is 4.90 Å². The van der Waals surface area contributed by atoms with E-state index in [1.807, 2.05) is 48.5 Å². The molecule has 3 amide bonds. The van der Waals surface area contributed by atoms with E-state index in [9.17, 15) is 14.4 Å². The zero-order valence-electron chi connectivity index (χ0n) is 21.3. The third-order valence-corrected chi connectivity index (χ3v) is 11.1. The predicted molar refractivity (Wildman–Crippen MR) is 156 cm³/mol. The van der Waals surface area contributed by atoms with Crippen molar-refractivity contribution in [3.8, 4) is 0 Å². The lowest BCUT2D eigenvalue weighted by atomic mass is 9.54. The van der Waals surface area contributed by atoms with E-state index in [0.29, 0.717) is 20.7 Å². The number of amides is 3. The molecule has 1 heterocycles. The molecule has 1 fully saturated rings. The van der Waals surface area contributed by atoms with Gasteiger partial charge in [-0.3, -0.25) is 19.3 Å². The highest BCUT2D eigenvalue weighted by atomic mass is 79.9. The minimum absolute atomic E-state index is 0.385. The van der Waals surface area contributed by atoms with Crippen LogP contribution in [0.15, 0.2) is 65.1 Å². The van der Waals surface area contributed by atoms with Crippen LogP contribution in [0.25, 0.3) is 0 Å². The molecule has 7 rings (SSSR count). The Hall–Kier alpha value is -2.38. The molecule has 200 valence electrons. The fourth-order valence-corrected chi connectivity index (χ4v) is 8.37. The van der Waals surface area contributed by atoms with E-state index in [4.69, 9.17) is 34.8 Å². The summed E-state index contributed by atoms with van der Waals surface area (Å²) in [5.74, 6) is -3.79. The van der Waals surface area contributed by atoms with Crippen molar-refractivity contribution in [1.29, 1.82) is 0 Å². The van der Waals surface area contributed by atoms with Gasteiger partial charge in [-0.1, -0.05) is 74.0 Å². The van der Waals surface area contributed by atoms with Crippen LogP contribution in [0.2, 0.25) is 5.02 Å². The number of carbonyl (C=O) groups excluding carboxylic acids is 3. The van der Waals surface area contributed by atoms with Crippen LogP contribution < -0.4 is 5.32 Å². The van der Waals surface area contributed by atoms with Crippen LogP contribution in [0.1, 0.15) is 41.7 Å². The SMILES string of the molecule is Cc1c(NC(=O)[C@H](C(C)C)N2C(=O)[C@@H]3[C@@H](C2=O)C2(Cl)c4ccccc4C3(Cl)c3ccccc32)ccc(Br)c1Cl. The average molecular weight is 647 g/mol. The van der Waals surface area contributed by atoms with Crippen molar-refractivity contribution in [2.24, 2.45) is 17.8 Å². The van der Waals surface area contributed by atoms with Crippen molar-refractivity contribution < 1.29 is 14.4 Å². The van der Waals surface area contributed by atoms with Crippen LogP contribution in [0.5, 0.6) is 0 Å². The van der Waals surface area contributed by atoms with Crippen molar-refractivity contribution in [2.45, 2.75) is 36.6 Å². The Morgan fingerprint density at radius 1 is 0.872 bits per heavy atom. The third-order valence-electron chi connectivity index (χ3n) is 8.39. The molecule has 1 aliphatic heterocycles. The number of imide groups is 1. The van der Waals surface area contributed by atoms with Gasteiger partial charge in [0.15, 0.2) is 0 Å². The van der Waals surface area contributed by atoms with Crippen LogP contribution in [0, 0.1) is 24.7 Å². The molecular weight excluding hydrogens is 623 g/mol. The molecule has 1 saturated heterocycles. The van der Waals surface area contributed by atoms with Gasteiger partial charge in [-0.25, -0.2) is 0 Å². The van der Waals surface area contributed by atoms with E-state index >= 15 is 0 Å². The number of nitrogens with zero attached hydrogens (tertiary/aromatic N) is 1. The summed E-state index contributed by atoms with van der Waals surface area (Å²) >= 11 is 24.8. The van der Waals surface area contributed by atoms with Crippen molar-refractivity contribution in [3.63, 3.8) is 0 Å². The molecule has 0 unspecified atom stereocenters. The van der Waals surface area contributed by atoms with Gasteiger partial charge in [0.05, 0.1) is 16.9 Å². The second kappa shape index (κ2) is 9.07. The van der Waals surface area contributed by atoms with Gasteiger partial charge in [-0.2, -0.15) is 0 Å². The normalized spacial score (nSPS) is 27.3. The first-order chi connectivity index (χ1) is 18.5. The van der Waals surface area contributed by atoms with Crippen molar-refractivity contribution in [3.05, 3.63) is 98.0 Å². The molecule has 39 heavy (non-hydrogen) atoms. The van der Waals surface area contributed by atoms with Gasteiger partial charge in [0.25, 0.3) is 0 Å². The summed E-state index contributed by atoms with van der Waals surface area (Å²) in [7, 11) is 0. The lowest BCUT2D eigenvalue weighted by molar-refractivity contribution is -0.148. The molecule has 9 heteroatoms. The van der Waals surface area contributed by atoms with E-state index in [0.717, 1.165) is 27.2 Å². The number of carbonyl (C=O) groups is 3. The fourth-order valence-electron chi connectivity index (χ4n) is 6.68. The van der Waals surface area contributed by atoms with E-state index in [1.54, 1.807) is 32.9 Å². The molecule has 0 spiro atoms. The molecule has 0 saturated carbocycles. The summed E-state index contributed by atoms with van der Waals surface area (Å²) < 4.78 is 0.698. The number of nitrogens with one attached hydrogen (secondary N) is 1. The van der Waals surface area contributed by atoms with Crippen LogP contribution in [-0.2, 0) is 24.1 Å². The molecule has 1 N–H and O–H groups in total. The number of halogens is 4. The summed E-state index contributed by atoms with van der Waals surface area (Å²) in [4.78, 5) is 40.9. The summed E-state index contributed by atoms with van der Waals surface area (Å²) in [5, 5.41) is 3.36. The van der Waals surface area contributed by atoms with Crippen LogP contribution in [0.3, 0.4) is 0 Å². The number of hydrogen-bond acceptors (Lipinski definition) is 3. The quantitative estimate of drug-likeness (QED) is 0.246. The molecule has 3 aromatic rings. The Kier molecular flexibility index (Phi) is 6.24. The van der Waals surface area contributed by atoms with E-state index in [1.165, 1.54) is 0 Å². The maximum atomic E-state index is 14.3. The Morgan fingerprint density at radius 3 is 1.72 bits per heavy atom. The molecule has 3 aliphatic carbocycles. The number of likely N-dealkylation sites (tertiary alicyclic amines) is 1. The fraction of sp³-hybridized carbons (Fsp3) is 0.300. The highest BCUT2D eigenvalue weighted by molar-refractivity contribution is 9.10. The highest BCUT2D eigenvalue weighted by Crippen LogP contribution is 2.69. The van der Waals surface area contributed by atoms with Gasteiger partial charge in [0, 0.05) is 10.2 Å². The van der Waals surface area contributed by atoms with Crippen LogP contribution >= 0.6 is 50.7 Å². The van der Waals surface area contributed by atoms with E-state index < -0.39 is 45.3 Å². The number of rotatable bonds is 4. The molecule has 3 aromatic carbocycles. The van der Waals surface area contributed by atoms with Crippen LogP contribution in [0.4, 0.5) is 5.69 Å². The second-order valence-electron chi connectivity index (χ2n) is 10.7. The summed E-state index contributed by atoms with van der Waals surface area (Å²) in [6.45, 7) is 5.40. The molecule has 3 atom stereocenters. The van der Waals surface area contributed by atoms with Crippen molar-refractivity contribution >= 4 is 74.1 Å². The zero-order chi connectivity index (χ0) is 28.0. The van der Waals surface area contributed by atoms with Gasteiger partial charge in [0.1, 0.15) is 15.8 Å². The van der Waals surface area contributed by atoms with Gasteiger partial charge in [-0.15, -0.1) is 23.2 Å². The van der Waals surface area contributed by atoms with Gasteiger partial charge < -0.3 is 5.32 Å². The minimum atomic E-state index is -1.30. The first-order valence-corrected chi connectivity index (χ1v) is 14.6. The number of alkyl halides is 2. The number of anilines is 1. The van der Waals surface area contributed by atoms with E-state index in [-0.39, 0.29) is 5.92 Å². The maximum Gasteiger partial charge on any atom is 0.247 e. The second-order valence-corrected chi connectivity index (χ2v) is 13.2. The molecule has 2 bridgehead atoms. The Morgan fingerprint density at radius 2 is 1.31 bits per heavy atom. The smallest absolute Gasteiger partial charge is 0.247 e. The maximum absolute atomic E-state index is 14.3.